The topological polar surface area (TPSA) is 32.3 Å². The number of nitrogens with one attached hydrogen (secondary N) is 1. The van der Waals surface area contributed by atoms with Crippen LogP contribution in [0.3, 0.4) is 0 Å². The van der Waals surface area contributed by atoms with E-state index in [0.29, 0.717) is 12.0 Å². The first kappa shape index (κ1) is 12.5. The van der Waals surface area contributed by atoms with Gasteiger partial charge in [-0.2, -0.15) is 0 Å². The summed E-state index contributed by atoms with van der Waals surface area (Å²) in [5, 5.41) is 12.8. The van der Waals surface area contributed by atoms with E-state index < -0.39 is 5.82 Å². The van der Waals surface area contributed by atoms with E-state index in [1.807, 2.05) is 13.8 Å². The van der Waals surface area contributed by atoms with Gasteiger partial charge in [-0.15, -0.1) is 12.3 Å². The van der Waals surface area contributed by atoms with Gasteiger partial charge in [-0.3, -0.25) is 0 Å². The van der Waals surface area contributed by atoms with Crippen LogP contribution in [0.4, 0.5) is 4.39 Å². The predicted octanol–water partition coefficient (Wildman–Crippen LogP) is 2.59. The quantitative estimate of drug-likeness (QED) is 0.766. The van der Waals surface area contributed by atoms with Crippen molar-refractivity contribution in [2.24, 2.45) is 0 Å². The summed E-state index contributed by atoms with van der Waals surface area (Å²) in [5.74, 6) is 2.09. The van der Waals surface area contributed by atoms with Gasteiger partial charge in [0, 0.05) is 30.1 Å². The molecule has 0 spiro atoms. The molecule has 0 fully saturated rings. The maximum absolute atomic E-state index is 12.8. The van der Waals surface area contributed by atoms with Crippen molar-refractivity contribution >= 4 is 0 Å². The molecule has 1 aromatic rings. The first-order valence-corrected chi connectivity index (χ1v) is 5.22. The minimum absolute atomic E-state index is 0.0343. The smallest absolute Gasteiger partial charge is 0.126 e. The van der Waals surface area contributed by atoms with Gasteiger partial charge in [-0.25, -0.2) is 4.39 Å². The molecule has 0 aliphatic heterocycles. The van der Waals surface area contributed by atoms with Crippen molar-refractivity contribution in [2.45, 2.75) is 32.4 Å². The molecule has 0 bridgehead atoms. The van der Waals surface area contributed by atoms with Gasteiger partial charge in [0.25, 0.3) is 0 Å². The van der Waals surface area contributed by atoms with Crippen LogP contribution in [-0.2, 0) is 0 Å². The van der Waals surface area contributed by atoms with Crippen LogP contribution in [0.1, 0.15) is 31.9 Å². The molecule has 2 nitrogen and oxygen atoms in total. The van der Waals surface area contributed by atoms with E-state index in [2.05, 4.69) is 11.2 Å². The normalized spacial score (nSPS) is 14.1. The number of halogens is 1. The van der Waals surface area contributed by atoms with Gasteiger partial charge < -0.3 is 10.4 Å². The standard InChI is InChI=1S/C13H16FNO/c1-4-5-9(2)15-10(3)12-7-6-11(14)8-13(12)16/h1,6-10,15-16H,5H2,2-3H3. The van der Waals surface area contributed by atoms with Crippen LogP contribution >= 0.6 is 0 Å². The van der Waals surface area contributed by atoms with E-state index in [0.717, 1.165) is 6.07 Å². The second kappa shape index (κ2) is 5.53. The summed E-state index contributed by atoms with van der Waals surface area (Å²) in [7, 11) is 0. The van der Waals surface area contributed by atoms with E-state index in [4.69, 9.17) is 6.42 Å². The molecular weight excluding hydrogens is 205 g/mol. The Balaban J connectivity index is 2.73. The molecule has 0 aromatic heterocycles. The Bertz CT molecular complexity index is 397. The SMILES string of the molecule is C#CCC(C)NC(C)c1ccc(F)cc1O. The molecular formula is C13H16FNO. The van der Waals surface area contributed by atoms with E-state index >= 15 is 0 Å². The van der Waals surface area contributed by atoms with Gasteiger partial charge >= 0.3 is 0 Å². The number of phenolic OH excluding ortho intramolecular Hbond substituents is 1. The Kier molecular flexibility index (Phi) is 4.33. The fourth-order valence-electron chi connectivity index (χ4n) is 1.64. The van der Waals surface area contributed by atoms with Crippen LogP contribution < -0.4 is 5.32 Å². The largest absolute Gasteiger partial charge is 0.508 e. The Morgan fingerprint density at radius 1 is 1.50 bits per heavy atom. The second-order valence-corrected chi connectivity index (χ2v) is 3.90. The van der Waals surface area contributed by atoms with Crippen LogP contribution in [0, 0.1) is 18.2 Å². The number of hydrogen-bond acceptors (Lipinski definition) is 2. The first-order valence-electron chi connectivity index (χ1n) is 5.22. The summed E-state index contributed by atoms with van der Waals surface area (Å²) in [6, 6.07) is 4.11. The van der Waals surface area contributed by atoms with Crippen molar-refractivity contribution in [3.63, 3.8) is 0 Å². The fourth-order valence-corrected chi connectivity index (χ4v) is 1.64. The molecule has 16 heavy (non-hydrogen) atoms. The average molecular weight is 221 g/mol. The van der Waals surface area contributed by atoms with Crippen LogP contribution in [0.2, 0.25) is 0 Å². The lowest BCUT2D eigenvalue weighted by Gasteiger charge is -2.19. The van der Waals surface area contributed by atoms with Crippen LogP contribution in [0.25, 0.3) is 0 Å². The lowest BCUT2D eigenvalue weighted by atomic mass is 10.1. The summed E-state index contributed by atoms with van der Waals surface area (Å²) in [5.41, 5.74) is 0.672. The number of aromatic hydroxyl groups is 1. The minimum Gasteiger partial charge on any atom is -0.508 e. The van der Waals surface area contributed by atoms with E-state index in [-0.39, 0.29) is 17.8 Å². The van der Waals surface area contributed by atoms with Gasteiger partial charge in [0.2, 0.25) is 0 Å². The highest BCUT2D eigenvalue weighted by molar-refractivity contribution is 5.34. The lowest BCUT2D eigenvalue weighted by Crippen LogP contribution is -2.28. The molecule has 0 amide bonds. The van der Waals surface area contributed by atoms with E-state index in [1.54, 1.807) is 6.07 Å². The molecule has 0 aliphatic rings. The van der Waals surface area contributed by atoms with E-state index in [9.17, 15) is 9.50 Å². The molecule has 2 atom stereocenters. The Morgan fingerprint density at radius 2 is 2.19 bits per heavy atom. The third kappa shape index (κ3) is 3.25. The van der Waals surface area contributed by atoms with Gasteiger partial charge in [-0.1, -0.05) is 6.07 Å². The minimum atomic E-state index is -0.440. The summed E-state index contributed by atoms with van der Waals surface area (Å²) in [6.07, 6.45) is 5.82. The molecule has 0 saturated heterocycles. The molecule has 1 rings (SSSR count). The highest BCUT2D eigenvalue weighted by Crippen LogP contribution is 2.25. The van der Waals surface area contributed by atoms with Gasteiger partial charge in [0.1, 0.15) is 11.6 Å². The number of phenols is 1. The highest BCUT2D eigenvalue weighted by atomic mass is 19.1. The maximum atomic E-state index is 12.8. The Labute approximate surface area is 95.5 Å². The van der Waals surface area contributed by atoms with E-state index in [1.165, 1.54) is 6.07 Å². The monoisotopic (exact) mass is 221 g/mol. The van der Waals surface area contributed by atoms with Crippen molar-refractivity contribution < 1.29 is 9.50 Å². The van der Waals surface area contributed by atoms with Gasteiger partial charge in [-0.05, 0) is 19.9 Å². The molecule has 0 saturated carbocycles. The summed E-state index contributed by atoms with van der Waals surface area (Å²) >= 11 is 0. The molecule has 2 unspecified atom stereocenters. The van der Waals surface area contributed by atoms with Crippen molar-refractivity contribution in [3.05, 3.63) is 29.6 Å². The number of hydrogen-bond donors (Lipinski definition) is 2. The van der Waals surface area contributed by atoms with Gasteiger partial charge in [0.05, 0.1) is 0 Å². The zero-order valence-electron chi connectivity index (χ0n) is 9.50. The van der Waals surface area contributed by atoms with Crippen molar-refractivity contribution in [3.8, 4) is 18.1 Å². The molecule has 0 aliphatic carbocycles. The third-order valence-corrected chi connectivity index (χ3v) is 2.42. The molecule has 0 heterocycles. The summed E-state index contributed by atoms with van der Waals surface area (Å²) in [4.78, 5) is 0. The zero-order valence-corrected chi connectivity index (χ0v) is 9.50. The molecule has 0 radical (unpaired) electrons. The molecule has 86 valence electrons. The fraction of sp³-hybridized carbons (Fsp3) is 0.385. The molecule has 1 aromatic carbocycles. The van der Waals surface area contributed by atoms with Crippen molar-refractivity contribution in [2.75, 3.05) is 0 Å². The van der Waals surface area contributed by atoms with Crippen molar-refractivity contribution in [1.29, 1.82) is 0 Å². The maximum Gasteiger partial charge on any atom is 0.126 e. The van der Waals surface area contributed by atoms with Crippen molar-refractivity contribution in [1.82, 2.24) is 5.32 Å². The second-order valence-electron chi connectivity index (χ2n) is 3.90. The van der Waals surface area contributed by atoms with Crippen LogP contribution in [0.5, 0.6) is 5.75 Å². The lowest BCUT2D eigenvalue weighted by molar-refractivity contribution is 0.432. The van der Waals surface area contributed by atoms with Crippen LogP contribution in [-0.4, -0.2) is 11.1 Å². The first-order chi connectivity index (χ1) is 7.54. The Hall–Kier alpha value is -1.53. The third-order valence-electron chi connectivity index (χ3n) is 2.42. The predicted molar refractivity (Wildman–Crippen MR) is 62.5 cm³/mol. The number of rotatable bonds is 4. The highest BCUT2D eigenvalue weighted by Gasteiger charge is 2.12. The average Bonchev–Trinajstić information content (AvgIpc) is 2.17. The number of benzene rings is 1. The molecule has 2 N–H and O–H groups in total. The van der Waals surface area contributed by atoms with Gasteiger partial charge in [0.15, 0.2) is 0 Å². The molecule has 3 heteroatoms. The summed E-state index contributed by atoms with van der Waals surface area (Å²) < 4.78 is 12.8. The zero-order chi connectivity index (χ0) is 12.1. The van der Waals surface area contributed by atoms with Crippen LogP contribution in [0.15, 0.2) is 18.2 Å². The Morgan fingerprint density at radius 3 is 2.75 bits per heavy atom. The number of terminal acetylenes is 1. The summed E-state index contributed by atoms with van der Waals surface area (Å²) in [6.45, 7) is 3.87.